The highest BCUT2D eigenvalue weighted by atomic mass is 19.1. The second kappa shape index (κ2) is 6.28. The third kappa shape index (κ3) is 2.95. The maximum atomic E-state index is 14.1. The zero-order chi connectivity index (χ0) is 16.6. The van der Waals surface area contributed by atoms with Crippen molar-refractivity contribution in [2.45, 2.75) is 32.2 Å². The first kappa shape index (κ1) is 15.9. The van der Waals surface area contributed by atoms with Crippen molar-refractivity contribution < 1.29 is 19.1 Å². The summed E-state index contributed by atoms with van der Waals surface area (Å²) in [5, 5.41) is 9.35. The van der Waals surface area contributed by atoms with Crippen LogP contribution in [0.4, 0.5) is 10.1 Å². The molecule has 0 spiro atoms. The smallest absolute Gasteiger partial charge is 0.228 e. The first-order valence-corrected chi connectivity index (χ1v) is 7.99. The van der Waals surface area contributed by atoms with Crippen LogP contribution in [0.15, 0.2) is 18.2 Å². The van der Waals surface area contributed by atoms with Crippen molar-refractivity contribution in [3.05, 3.63) is 29.6 Å². The summed E-state index contributed by atoms with van der Waals surface area (Å²) in [7, 11) is 0. The number of amides is 2. The maximum Gasteiger partial charge on any atom is 0.228 e. The molecule has 2 fully saturated rings. The number of hydrogen-bond acceptors (Lipinski definition) is 3. The molecule has 0 bridgehead atoms. The zero-order valence-electron chi connectivity index (χ0n) is 13.2. The Bertz CT molecular complexity index is 634. The number of carbonyl (C=O) groups excluding carboxylic acids is 2. The number of halogens is 1. The van der Waals surface area contributed by atoms with E-state index in [0.29, 0.717) is 6.54 Å². The lowest BCUT2D eigenvalue weighted by molar-refractivity contribution is -0.137. The van der Waals surface area contributed by atoms with E-state index in [4.69, 9.17) is 0 Å². The summed E-state index contributed by atoms with van der Waals surface area (Å²) in [6.45, 7) is 2.55. The first-order valence-electron chi connectivity index (χ1n) is 7.99. The Labute approximate surface area is 134 Å². The van der Waals surface area contributed by atoms with E-state index in [1.807, 2.05) is 0 Å². The van der Waals surface area contributed by atoms with Gasteiger partial charge in [0, 0.05) is 19.5 Å². The molecule has 1 N–H and O–H groups in total. The molecule has 2 amide bonds. The van der Waals surface area contributed by atoms with Crippen molar-refractivity contribution >= 4 is 17.5 Å². The van der Waals surface area contributed by atoms with Crippen LogP contribution in [0.5, 0.6) is 0 Å². The molecule has 2 saturated heterocycles. The maximum absolute atomic E-state index is 14.1. The van der Waals surface area contributed by atoms with Crippen LogP contribution in [-0.4, -0.2) is 47.6 Å². The van der Waals surface area contributed by atoms with Crippen molar-refractivity contribution in [3.63, 3.8) is 0 Å². The highest BCUT2D eigenvalue weighted by Crippen LogP contribution is 2.30. The number of nitrogens with zero attached hydrogens (tertiary/aromatic N) is 2. The number of rotatable bonds is 3. The van der Waals surface area contributed by atoms with Gasteiger partial charge in [-0.1, -0.05) is 6.07 Å². The summed E-state index contributed by atoms with van der Waals surface area (Å²) in [5.41, 5.74) is 1.02. The highest BCUT2D eigenvalue weighted by Gasteiger charge is 2.40. The predicted molar refractivity (Wildman–Crippen MR) is 83.4 cm³/mol. The number of aliphatic hydroxyl groups is 1. The predicted octanol–water partition coefficient (Wildman–Crippen LogP) is 1.47. The van der Waals surface area contributed by atoms with Gasteiger partial charge in [0.05, 0.1) is 24.3 Å². The van der Waals surface area contributed by atoms with E-state index >= 15 is 0 Å². The minimum Gasteiger partial charge on any atom is -0.394 e. The van der Waals surface area contributed by atoms with Gasteiger partial charge in [-0.25, -0.2) is 4.39 Å². The number of carbonyl (C=O) groups is 2. The van der Waals surface area contributed by atoms with Gasteiger partial charge >= 0.3 is 0 Å². The van der Waals surface area contributed by atoms with Gasteiger partial charge in [-0.2, -0.15) is 0 Å². The molecule has 0 saturated carbocycles. The largest absolute Gasteiger partial charge is 0.394 e. The second-order valence-corrected chi connectivity index (χ2v) is 6.37. The third-order valence-corrected chi connectivity index (χ3v) is 4.74. The van der Waals surface area contributed by atoms with Crippen LogP contribution < -0.4 is 4.90 Å². The number of aliphatic hydroxyl groups excluding tert-OH is 1. The van der Waals surface area contributed by atoms with E-state index in [-0.39, 0.29) is 43.1 Å². The van der Waals surface area contributed by atoms with Gasteiger partial charge < -0.3 is 14.9 Å². The molecule has 23 heavy (non-hydrogen) atoms. The Hall–Kier alpha value is -1.95. The average Bonchev–Trinajstić information content (AvgIpc) is 3.13. The van der Waals surface area contributed by atoms with Crippen LogP contribution in [0.2, 0.25) is 0 Å². The van der Waals surface area contributed by atoms with Gasteiger partial charge in [0.1, 0.15) is 5.82 Å². The van der Waals surface area contributed by atoms with E-state index in [0.717, 1.165) is 18.4 Å². The monoisotopic (exact) mass is 320 g/mol. The van der Waals surface area contributed by atoms with Crippen molar-refractivity contribution in [2.24, 2.45) is 5.92 Å². The zero-order valence-corrected chi connectivity index (χ0v) is 13.2. The summed E-state index contributed by atoms with van der Waals surface area (Å²) < 4.78 is 14.1. The normalized spacial score (nSPS) is 24.6. The fraction of sp³-hybridized carbons (Fsp3) is 0.529. The van der Waals surface area contributed by atoms with Crippen molar-refractivity contribution in [3.8, 4) is 0 Å². The standard InChI is InChI=1S/C17H21FN2O3/c1-11-4-5-15(14(18)7-11)20-9-12(8-16(20)22)17(23)19-6-2-3-13(19)10-21/h4-5,7,12-13,21H,2-3,6,8-10H2,1H3/t12?,13-/m1/s1. The molecule has 2 aliphatic heterocycles. The molecule has 124 valence electrons. The van der Waals surface area contributed by atoms with Gasteiger partial charge in [-0.05, 0) is 37.5 Å². The van der Waals surface area contributed by atoms with Crippen LogP contribution in [0.25, 0.3) is 0 Å². The summed E-state index contributed by atoms with van der Waals surface area (Å²) >= 11 is 0. The third-order valence-electron chi connectivity index (χ3n) is 4.74. The summed E-state index contributed by atoms with van der Waals surface area (Å²) in [6, 6.07) is 4.58. The lowest BCUT2D eigenvalue weighted by atomic mass is 10.1. The van der Waals surface area contributed by atoms with Crippen molar-refractivity contribution in [1.29, 1.82) is 0 Å². The molecule has 1 aromatic carbocycles. The molecule has 3 rings (SSSR count). The molecule has 6 heteroatoms. The average molecular weight is 320 g/mol. The quantitative estimate of drug-likeness (QED) is 0.917. The van der Waals surface area contributed by atoms with E-state index in [9.17, 15) is 19.1 Å². The summed E-state index contributed by atoms with van der Waals surface area (Å²) in [4.78, 5) is 27.9. The second-order valence-electron chi connectivity index (χ2n) is 6.37. The molecular weight excluding hydrogens is 299 g/mol. The van der Waals surface area contributed by atoms with E-state index in [1.54, 1.807) is 24.0 Å². The molecule has 0 aromatic heterocycles. The van der Waals surface area contributed by atoms with Crippen molar-refractivity contribution in [2.75, 3.05) is 24.6 Å². The molecular formula is C17H21FN2O3. The molecule has 2 atom stereocenters. The van der Waals surface area contributed by atoms with Crippen LogP contribution in [0, 0.1) is 18.7 Å². The molecule has 5 nitrogen and oxygen atoms in total. The van der Waals surface area contributed by atoms with E-state index in [1.165, 1.54) is 11.0 Å². The van der Waals surface area contributed by atoms with Crippen LogP contribution >= 0.6 is 0 Å². The van der Waals surface area contributed by atoms with E-state index < -0.39 is 11.7 Å². The Morgan fingerprint density at radius 1 is 1.43 bits per heavy atom. The lowest BCUT2D eigenvalue weighted by Gasteiger charge is -2.26. The molecule has 2 heterocycles. The minimum absolute atomic E-state index is 0.0529. The number of hydrogen-bond donors (Lipinski definition) is 1. The first-order chi connectivity index (χ1) is 11.0. The fourth-order valence-corrected chi connectivity index (χ4v) is 3.49. The van der Waals surface area contributed by atoms with Crippen molar-refractivity contribution in [1.82, 2.24) is 4.90 Å². The van der Waals surface area contributed by atoms with Crippen LogP contribution in [-0.2, 0) is 9.59 Å². The summed E-state index contributed by atoms with van der Waals surface area (Å²) in [6.07, 6.45) is 1.76. The summed E-state index contributed by atoms with van der Waals surface area (Å²) in [5.74, 6) is -1.24. The van der Waals surface area contributed by atoms with Crippen LogP contribution in [0.3, 0.4) is 0 Å². The van der Waals surface area contributed by atoms with E-state index in [2.05, 4.69) is 0 Å². The number of aryl methyl sites for hydroxylation is 1. The van der Waals surface area contributed by atoms with Gasteiger partial charge in [-0.15, -0.1) is 0 Å². The lowest BCUT2D eigenvalue weighted by Crippen LogP contribution is -2.42. The molecule has 0 radical (unpaired) electrons. The SMILES string of the molecule is Cc1ccc(N2CC(C(=O)N3CCC[C@@H]3CO)CC2=O)c(F)c1. The Kier molecular flexibility index (Phi) is 4.35. The Balaban J connectivity index is 1.75. The molecule has 1 unspecified atom stereocenters. The highest BCUT2D eigenvalue weighted by molar-refractivity contribution is 6.00. The van der Waals surface area contributed by atoms with Gasteiger partial charge in [0.15, 0.2) is 0 Å². The van der Waals surface area contributed by atoms with Gasteiger partial charge in [-0.3, -0.25) is 9.59 Å². The fourth-order valence-electron chi connectivity index (χ4n) is 3.49. The topological polar surface area (TPSA) is 60.9 Å². The molecule has 2 aliphatic rings. The Morgan fingerprint density at radius 2 is 2.22 bits per heavy atom. The minimum atomic E-state index is -0.463. The number of benzene rings is 1. The number of anilines is 1. The van der Waals surface area contributed by atoms with Crippen LogP contribution in [0.1, 0.15) is 24.8 Å². The number of likely N-dealkylation sites (tertiary alicyclic amines) is 1. The molecule has 0 aliphatic carbocycles. The van der Waals surface area contributed by atoms with Gasteiger partial charge in [0.25, 0.3) is 0 Å². The molecule has 1 aromatic rings. The Morgan fingerprint density at radius 3 is 2.91 bits per heavy atom. The van der Waals surface area contributed by atoms with Gasteiger partial charge in [0.2, 0.25) is 11.8 Å².